The molecule has 0 fully saturated rings. The zero-order valence-corrected chi connectivity index (χ0v) is 26.0. The molecule has 0 bridgehead atoms. The van der Waals surface area contributed by atoms with E-state index in [4.69, 9.17) is 16.2 Å². The maximum absolute atomic E-state index is 6.41. The van der Waals surface area contributed by atoms with Gasteiger partial charge in [0, 0.05) is 16.8 Å². The van der Waals surface area contributed by atoms with Crippen LogP contribution >= 0.6 is 0 Å². The first kappa shape index (κ1) is 29.2. The number of hydrogen-bond donors (Lipinski definition) is 2. The number of benzene rings is 6. The SMILES string of the molecule is C=Cc1ccc(OCCCCC2(c3ccccc3)c3ccccc3-c3ccc(-c4cc(N)ccc4-c4ccc(N)cc4)cc32)cc1. The molecule has 1 atom stereocenters. The lowest BCUT2D eigenvalue weighted by molar-refractivity contribution is 0.301. The molecule has 0 aromatic heterocycles. The van der Waals surface area contributed by atoms with Crippen molar-refractivity contribution in [1.29, 1.82) is 0 Å². The Labute approximate surface area is 271 Å². The van der Waals surface area contributed by atoms with Gasteiger partial charge in [0.2, 0.25) is 0 Å². The molecule has 6 aromatic rings. The van der Waals surface area contributed by atoms with E-state index in [9.17, 15) is 0 Å². The van der Waals surface area contributed by atoms with Crippen LogP contribution in [-0.4, -0.2) is 6.61 Å². The lowest BCUT2D eigenvalue weighted by Gasteiger charge is -2.33. The summed E-state index contributed by atoms with van der Waals surface area (Å²) in [6.07, 6.45) is 4.77. The van der Waals surface area contributed by atoms with Gasteiger partial charge in [0.05, 0.1) is 6.61 Å². The van der Waals surface area contributed by atoms with Crippen LogP contribution in [0.1, 0.15) is 41.5 Å². The molecule has 226 valence electrons. The molecule has 0 amide bonds. The highest BCUT2D eigenvalue weighted by Crippen LogP contribution is 2.56. The maximum Gasteiger partial charge on any atom is 0.119 e. The number of rotatable bonds is 10. The number of hydrogen-bond acceptors (Lipinski definition) is 3. The molecule has 3 heteroatoms. The Morgan fingerprint density at radius 2 is 1.24 bits per heavy atom. The molecule has 0 saturated carbocycles. The first-order valence-corrected chi connectivity index (χ1v) is 16.0. The third-order valence-electron chi connectivity index (χ3n) is 9.33. The van der Waals surface area contributed by atoms with Crippen molar-refractivity contribution in [2.24, 2.45) is 0 Å². The molecule has 1 unspecified atom stereocenters. The van der Waals surface area contributed by atoms with E-state index in [0.717, 1.165) is 64.2 Å². The van der Waals surface area contributed by atoms with Gasteiger partial charge in [-0.05, 0) is 117 Å². The Kier molecular flexibility index (Phi) is 7.90. The first-order chi connectivity index (χ1) is 22.6. The Morgan fingerprint density at radius 1 is 0.565 bits per heavy atom. The summed E-state index contributed by atoms with van der Waals surface area (Å²) in [5.74, 6) is 0.892. The molecule has 0 spiro atoms. The Hall–Kier alpha value is -5.54. The molecule has 6 aromatic carbocycles. The Morgan fingerprint density at radius 3 is 2.02 bits per heavy atom. The van der Waals surface area contributed by atoms with Crippen LogP contribution in [0.15, 0.2) is 146 Å². The molecule has 0 saturated heterocycles. The first-order valence-electron chi connectivity index (χ1n) is 16.0. The fraction of sp³-hybridized carbons (Fsp3) is 0.116. The predicted octanol–water partition coefficient (Wildman–Crippen LogP) is 10.4. The fourth-order valence-corrected chi connectivity index (χ4v) is 7.08. The zero-order chi connectivity index (χ0) is 31.5. The molecule has 0 radical (unpaired) electrons. The number of unbranched alkanes of at least 4 members (excludes halogenated alkanes) is 1. The van der Waals surface area contributed by atoms with Crippen molar-refractivity contribution in [1.82, 2.24) is 0 Å². The molecule has 1 aliphatic rings. The van der Waals surface area contributed by atoms with E-state index in [1.165, 1.54) is 27.8 Å². The number of ether oxygens (including phenoxy) is 1. The van der Waals surface area contributed by atoms with Gasteiger partial charge in [-0.15, -0.1) is 0 Å². The van der Waals surface area contributed by atoms with Gasteiger partial charge >= 0.3 is 0 Å². The van der Waals surface area contributed by atoms with E-state index in [1.54, 1.807) is 0 Å². The van der Waals surface area contributed by atoms with Crippen LogP contribution in [-0.2, 0) is 5.41 Å². The highest BCUT2D eigenvalue weighted by atomic mass is 16.5. The highest BCUT2D eigenvalue weighted by molar-refractivity contribution is 5.90. The zero-order valence-electron chi connectivity index (χ0n) is 26.0. The van der Waals surface area contributed by atoms with Gasteiger partial charge in [0.15, 0.2) is 0 Å². The molecule has 0 aliphatic heterocycles. The lowest BCUT2D eigenvalue weighted by atomic mass is 9.69. The van der Waals surface area contributed by atoms with E-state index < -0.39 is 0 Å². The van der Waals surface area contributed by atoms with Gasteiger partial charge in [-0.2, -0.15) is 0 Å². The minimum absolute atomic E-state index is 0.295. The normalized spacial score (nSPS) is 14.8. The molecular weight excluding hydrogens is 560 g/mol. The van der Waals surface area contributed by atoms with Gasteiger partial charge in [0.25, 0.3) is 0 Å². The number of nitrogens with two attached hydrogens (primary N) is 2. The number of anilines is 2. The van der Waals surface area contributed by atoms with Crippen LogP contribution in [0.2, 0.25) is 0 Å². The van der Waals surface area contributed by atoms with Crippen LogP contribution < -0.4 is 16.2 Å². The van der Waals surface area contributed by atoms with Crippen molar-refractivity contribution in [3.8, 4) is 39.1 Å². The standard InChI is InChI=1S/C43H38N2O/c1-2-30-14-22-36(23-15-30)46-27-9-8-26-43(33-10-4-3-5-11-33)41-13-7-6-12-38(41)39-24-18-32(28-42(39)43)40-29-35(45)21-25-37(40)31-16-19-34(44)20-17-31/h2-7,10-25,28-29H,1,8-9,26-27,44-45H2. The molecule has 7 rings (SSSR count). The summed E-state index contributed by atoms with van der Waals surface area (Å²) in [7, 11) is 0. The Bertz CT molecular complexity index is 1990. The van der Waals surface area contributed by atoms with Gasteiger partial charge in [-0.3, -0.25) is 0 Å². The second-order valence-electron chi connectivity index (χ2n) is 12.1. The van der Waals surface area contributed by atoms with Crippen LogP contribution in [0.25, 0.3) is 39.5 Å². The summed E-state index contributed by atoms with van der Waals surface area (Å²) in [6, 6.07) is 49.3. The minimum atomic E-state index is -0.295. The van der Waals surface area contributed by atoms with E-state index in [2.05, 4.69) is 104 Å². The average Bonchev–Trinajstić information content (AvgIpc) is 3.39. The van der Waals surface area contributed by atoms with Gasteiger partial charge in [0.1, 0.15) is 5.75 Å². The lowest BCUT2D eigenvalue weighted by Crippen LogP contribution is -2.27. The van der Waals surface area contributed by atoms with E-state index in [1.807, 2.05) is 48.5 Å². The third-order valence-corrected chi connectivity index (χ3v) is 9.33. The molecule has 3 nitrogen and oxygen atoms in total. The largest absolute Gasteiger partial charge is 0.494 e. The Balaban J connectivity index is 1.29. The van der Waals surface area contributed by atoms with Crippen LogP contribution in [0.5, 0.6) is 5.75 Å². The van der Waals surface area contributed by atoms with Gasteiger partial charge in [-0.1, -0.05) is 110 Å². The summed E-state index contributed by atoms with van der Waals surface area (Å²) in [4.78, 5) is 0. The summed E-state index contributed by atoms with van der Waals surface area (Å²) in [5, 5.41) is 0. The average molecular weight is 599 g/mol. The second-order valence-corrected chi connectivity index (χ2v) is 12.1. The molecular formula is C43H38N2O. The van der Waals surface area contributed by atoms with Crippen molar-refractivity contribution in [2.75, 3.05) is 18.1 Å². The second kappa shape index (κ2) is 12.5. The van der Waals surface area contributed by atoms with Crippen molar-refractivity contribution >= 4 is 17.5 Å². The summed E-state index contributed by atoms with van der Waals surface area (Å²) < 4.78 is 6.14. The van der Waals surface area contributed by atoms with Crippen molar-refractivity contribution < 1.29 is 4.74 Å². The van der Waals surface area contributed by atoms with Crippen LogP contribution in [0.4, 0.5) is 11.4 Å². The molecule has 4 N–H and O–H groups in total. The fourth-order valence-electron chi connectivity index (χ4n) is 7.08. The molecule has 46 heavy (non-hydrogen) atoms. The van der Waals surface area contributed by atoms with E-state index in [-0.39, 0.29) is 5.41 Å². The van der Waals surface area contributed by atoms with E-state index >= 15 is 0 Å². The quantitative estimate of drug-likeness (QED) is 0.122. The minimum Gasteiger partial charge on any atom is -0.494 e. The third kappa shape index (κ3) is 5.35. The summed E-state index contributed by atoms with van der Waals surface area (Å²) >= 11 is 0. The van der Waals surface area contributed by atoms with Crippen molar-refractivity contribution in [2.45, 2.75) is 24.7 Å². The monoisotopic (exact) mass is 598 g/mol. The van der Waals surface area contributed by atoms with E-state index in [0.29, 0.717) is 6.61 Å². The van der Waals surface area contributed by atoms with Crippen LogP contribution in [0, 0.1) is 0 Å². The molecule has 1 aliphatic carbocycles. The van der Waals surface area contributed by atoms with Crippen LogP contribution in [0.3, 0.4) is 0 Å². The topological polar surface area (TPSA) is 61.3 Å². The number of nitrogen functional groups attached to an aromatic ring is 2. The van der Waals surface area contributed by atoms with Gasteiger partial charge < -0.3 is 16.2 Å². The molecule has 0 heterocycles. The summed E-state index contributed by atoms with van der Waals surface area (Å²) in [6.45, 7) is 4.51. The van der Waals surface area contributed by atoms with Crippen molar-refractivity contribution in [3.63, 3.8) is 0 Å². The maximum atomic E-state index is 6.41. The van der Waals surface area contributed by atoms with Gasteiger partial charge in [-0.25, -0.2) is 0 Å². The predicted molar refractivity (Wildman–Crippen MR) is 194 cm³/mol. The highest BCUT2D eigenvalue weighted by Gasteiger charge is 2.44. The number of fused-ring (bicyclic) bond motifs is 3. The van der Waals surface area contributed by atoms with Crippen molar-refractivity contribution in [3.05, 3.63) is 168 Å². The summed E-state index contributed by atoms with van der Waals surface area (Å²) in [5.41, 5.74) is 25.8. The smallest absolute Gasteiger partial charge is 0.119 e.